The van der Waals surface area contributed by atoms with Gasteiger partial charge in [0, 0.05) is 0 Å². The maximum absolute atomic E-state index is 14.0. The zero-order valence-corrected chi connectivity index (χ0v) is 19.0. The summed E-state index contributed by atoms with van der Waals surface area (Å²) >= 11 is 0. The van der Waals surface area contributed by atoms with Gasteiger partial charge in [-0.25, -0.2) is 0 Å². The number of ether oxygens (including phenoxy) is 3. The van der Waals surface area contributed by atoms with E-state index in [4.69, 9.17) is 14.2 Å². The Morgan fingerprint density at radius 3 is 2.33 bits per heavy atom. The van der Waals surface area contributed by atoms with Crippen molar-refractivity contribution in [1.82, 2.24) is 0 Å². The first kappa shape index (κ1) is 22.3. The van der Waals surface area contributed by atoms with Crippen LogP contribution in [0, 0.1) is 17.3 Å². The van der Waals surface area contributed by atoms with Crippen LogP contribution in [0.1, 0.15) is 63.1 Å². The van der Waals surface area contributed by atoms with Gasteiger partial charge >= 0.3 is 11.9 Å². The molecule has 0 heterocycles. The summed E-state index contributed by atoms with van der Waals surface area (Å²) in [7, 11) is 4.23. The molecular weight excluding hydrogens is 384 g/mol. The first-order chi connectivity index (χ1) is 14.1. The molecule has 3 atom stereocenters. The van der Waals surface area contributed by atoms with Crippen molar-refractivity contribution in [3.63, 3.8) is 0 Å². The fourth-order valence-corrected chi connectivity index (χ4v) is 5.87. The van der Waals surface area contributed by atoms with E-state index in [0.29, 0.717) is 12.2 Å². The minimum atomic E-state index is -1.13. The number of esters is 2. The fourth-order valence-electron chi connectivity index (χ4n) is 5.87. The van der Waals surface area contributed by atoms with E-state index in [1.165, 1.54) is 14.2 Å². The van der Waals surface area contributed by atoms with Crippen LogP contribution in [0.2, 0.25) is 0 Å². The van der Waals surface area contributed by atoms with Crippen molar-refractivity contribution in [3.8, 4) is 5.75 Å². The van der Waals surface area contributed by atoms with Crippen LogP contribution in [-0.4, -0.2) is 39.1 Å². The molecule has 30 heavy (non-hydrogen) atoms. The highest BCUT2D eigenvalue weighted by Crippen LogP contribution is 2.62. The van der Waals surface area contributed by atoms with Crippen LogP contribution in [0.4, 0.5) is 0 Å². The number of hydrogen-bond donors (Lipinski definition) is 0. The summed E-state index contributed by atoms with van der Waals surface area (Å²) < 4.78 is 15.7. The third kappa shape index (κ3) is 3.03. The predicted molar refractivity (Wildman–Crippen MR) is 111 cm³/mol. The van der Waals surface area contributed by atoms with Gasteiger partial charge in [-0.2, -0.15) is 0 Å². The first-order valence-electron chi connectivity index (χ1n) is 10.5. The van der Waals surface area contributed by atoms with Crippen LogP contribution in [-0.2, 0) is 35.7 Å². The number of aryl methyl sites for hydroxylation is 1. The molecule has 0 aliphatic heterocycles. The Labute approximate surface area is 178 Å². The summed E-state index contributed by atoms with van der Waals surface area (Å²) in [5.41, 5.74) is 1.10. The highest BCUT2D eigenvalue weighted by Gasteiger charge is 2.68. The number of carbonyl (C=O) groups is 3. The van der Waals surface area contributed by atoms with Crippen molar-refractivity contribution in [2.24, 2.45) is 17.3 Å². The molecule has 3 rings (SSSR count). The molecule has 0 aromatic heterocycles. The Bertz CT molecular complexity index is 884. The van der Waals surface area contributed by atoms with Crippen LogP contribution in [0.25, 0.3) is 0 Å². The van der Waals surface area contributed by atoms with Crippen LogP contribution in [0.5, 0.6) is 5.75 Å². The molecule has 1 aromatic carbocycles. The molecule has 1 saturated carbocycles. The zero-order chi connectivity index (χ0) is 22.4. The summed E-state index contributed by atoms with van der Waals surface area (Å²) in [6.45, 7) is 8.05. The van der Waals surface area contributed by atoms with Gasteiger partial charge in [-0.3, -0.25) is 14.4 Å². The summed E-state index contributed by atoms with van der Waals surface area (Å²) in [4.78, 5) is 39.2. The van der Waals surface area contributed by atoms with E-state index in [0.717, 1.165) is 23.1 Å². The van der Waals surface area contributed by atoms with Crippen molar-refractivity contribution in [2.75, 3.05) is 21.3 Å². The zero-order valence-electron chi connectivity index (χ0n) is 19.0. The Kier molecular flexibility index (Phi) is 5.74. The molecule has 0 N–H and O–H groups in total. The van der Waals surface area contributed by atoms with E-state index in [1.54, 1.807) is 7.11 Å². The molecule has 1 aromatic rings. The number of carbonyl (C=O) groups excluding carboxylic acids is 3. The van der Waals surface area contributed by atoms with Crippen LogP contribution in [0.15, 0.2) is 12.1 Å². The Morgan fingerprint density at radius 2 is 1.80 bits per heavy atom. The number of Topliss-reactive ketones (excluding diaryl/α,β-unsaturated/α-hetero) is 1. The molecule has 164 valence electrons. The number of fused-ring (bicyclic) bond motifs is 3. The minimum absolute atomic E-state index is 0.0961. The van der Waals surface area contributed by atoms with Gasteiger partial charge in [0.05, 0.1) is 33.2 Å². The molecule has 0 amide bonds. The van der Waals surface area contributed by atoms with E-state index < -0.39 is 28.7 Å². The van der Waals surface area contributed by atoms with Gasteiger partial charge in [-0.15, -0.1) is 0 Å². The number of hydrogen-bond acceptors (Lipinski definition) is 6. The van der Waals surface area contributed by atoms with E-state index in [-0.39, 0.29) is 24.0 Å². The first-order valence-corrected chi connectivity index (χ1v) is 10.5. The van der Waals surface area contributed by atoms with Crippen molar-refractivity contribution in [1.29, 1.82) is 0 Å². The molecular formula is C24H32O6. The van der Waals surface area contributed by atoms with Crippen molar-refractivity contribution >= 4 is 17.7 Å². The number of methoxy groups -OCH3 is 3. The predicted octanol–water partition coefficient (Wildman–Crippen LogP) is 3.58. The van der Waals surface area contributed by atoms with Gasteiger partial charge in [0.1, 0.15) is 11.7 Å². The maximum Gasteiger partial charge on any atom is 0.316 e. The van der Waals surface area contributed by atoms with Gasteiger partial charge in [0.25, 0.3) is 0 Å². The van der Waals surface area contributed by atoms with E-state index >= 15 is 0 Å². The molecule has 0 saturated heterocycles. The third-order valence-electron chi connectivity index (χ3n) is 7.29. The number of rotatable bonds is 5. The summed E-state index contributed by atoms with van der Waals surface area (Å²) in [5, 5.41) is 0. The van der Waals surface area contributed by atoms with E-state index in [2.05, 4.69) is 19.9 Å². The van der Waals surface area contributed by atoms with Crippen molar-refractivity contribution in [3.05, 3.63) is 28.8 Å². The number of ketones is 1. The monoisotopic (exact) mass is 416 g/mol. The lowest BCUT2D eigenvalue weighted by atomic mass is 9.58. The smallest absolute Gasteiger partial charge is 0.316 e. The third-order valence-corrected chi connectivity index (χ3v) is 7.29. The Morgan fingerprint density at radius 1 is 1.13 bits per heavy atom. The molecule has 6 heteroatoms. The maximum atomic E-state index is 14.0. The average molecular weight is 417 g/mol. The van der Waals surface area contributed by atoms with Gasteiger partial charge in [-0.05, 0) is 52.8 Å². The molecule has 2 aliphatic carbocycles. The largest absolute Gasteiger partial charge is 0.496 e. The topological polar surface area (TPSA) is 78.9 Å². The van der Waals surface area contributed by atoms with E-state index in [9.17, 15) is 14.4 Å². The summed E-state index contributed by atoms with van der Waals surface area (Å²) in [5.74, 6) is -1.44. The van der Waals surface area contributed by atoms with Gasteiger partial charge in [0.15, 0.2) is 5.78 Å². The molecule has 0 spiro atoms. The molecule has 0 bridgehead atoms. The fraction of sp³-hybridized carbons (Fsp3) is 0.625. The highest BCUT2D eigenvalue weighted by atomic mass is 16.5. The molecule has 0 radical (unpaired) electrons. The lowest BCUT2D eigenvalue weighted by molar-refractivity contribution is -0.153. The quantitative estimate of drug-likeness (QED) is 0.539. The lowest BCUT2D eigenvalue weighted by Crippen LogP contribution is -2.45. The summed E-state index contributed by atoms with van der Waals surface area (Å²) in [6, 6.07) is 4.01. The van der Waals surface area contributed by atoms with Crippen LogP contribution in [0.3, 0.4) is 0 Å². The second-order valence-electron chi connectivity index (χ2n) is 9.36. The Hall–Kier alpha value is -2.37. The normalized spacial score (nSPS) is 26.7. The Balaban J connectivity index is 2.32. The average Bonchev–Trinajstić information content (AvgIpc) is 2.88. The SMILES string of the molecule is COC(=O)C[C@]12C(=O)C(C(=O)OC)C(C)(C)[C@H]1CCc1cc(C(C)C)c(OC)cc12. The standard InChI is InChI=1S/C24H32O6/c1-13(2)15-10-14-8-9-18-23(3,4)20(22(27)30-7)21(26)24(18,12-19(25)29-6)16(14)11-17(15)28-5/h10-11,13,18,20H,8-9,12H2,1-7H3/t18-,20?,24-/m1/s1. The van der Waals surface area contributed by atoms with Crippen LogP contribution < -0.4 is 4.74 Å². The second kappa shape index (κ2) is 7.71. The van der Waals surface area contributed by atoms with Crippen molar-refractivity contribution in [2.45, 2.75) is 58.3 Å². The molecule has 6 nitrogen and oxygen atoms in total. The highest BCUT2D eigenvalue weighted by molar-refractivity contribution is 6.09. The molecule has 2 aliphatic rings. The summed E-state index contributed by atoms with van der Waals surface area (Å²) in [6.07, 6.45) is 1.39. The molecule has 1 fully saturated rings. The van der Waals surface area contributed by atoms with Gasteiger partial charge in [0.2, 0.25) is 0 Å². The molecule has 1 unspecified atom stereocenters. The second-order valence-corrected chi connectivity index (χ2v) is 9.36. The van der Waals surface area contributed by atoms with Gasteiger partial charge in [-0.1, -0.05) is 33.8 Å². The van der Waals surface area contributed by atoms with Gasteiger partial charge < -0.3 is 14.2 Å². The lowest BCUT2D eigenvalue weighted by Gasteiger charge is -2.43. The minimum Gasteiger partial charge on any atom is -0.496 e. The van der Waals surface area contributed by atoms with Crippen molar-refractivity contribution < 1.29 is 28.6 Å². The van der Waals surface area contributed by atoms with E-state index in [1.807, 2.05) is 19.9 Å². The van der Waals surface area contributed by atoms with Crippen LogP contribution >= 0.6 is 0 Å². The number of benzene rings is 1.